The molecule has 1 heterocycles. The van der Waals surface area contributed by atoms with E-state index in [-0.39, 0.29) is 0 Å². The van der Waals surface area contributed by atoms with Gasteiger partial charge in [0.15, 0.2) is 0 Å². The Labute approximate surface area is 80.4 Å². The van der Waals surface area contributed by atoms with Crippen molar-refractivity contribution in [2.45, 2.75) is 46.0 Å². The SMILES string of the molecule is CCCCCCc1cc(C)ncn1. The van der Waals surface area contributed by atoms with Crippen LogP contribution in [0.15, 0.2) is 12.4 Å². The zero-order valence-electron chi connectivity index (χ0n) is 8.58. The predicted molar refractivity (Wildman–Crippen MR) is 54.6 cm³/mol. The molecule has 0 fully saturated rings. The van der Waals surface area contributed by atoms with Crippen molar-refractivity contribution in [1.29, 1.82) is 0 Å². The Morgan fingerprint density at radius 1 is 1.15 bits per heavy atom. The van der Waals surface area contributed by atoms with Gasteiger partial charge in [0.1, 0.15) is 6.33 Å². The molecule has 0 aliphatic heterocycles. The molecule has 0 spiro atoms. The summed E-state index contributed by atoms with van der Waals surface area (Å²) < 4.78 is 0. The van der Waals surface area contributed by atoms with E-state index in [1.165, 1.54) is 31.4 Å². The third-order valence-electron chi connectivity index (χ3n) is 2.15. The average molecular weight is 178 g/mol. The summed E-state index contributed by atoms with van der Waals surface area (Å²) in [5, 5.41) is 0. The van der Waals surface area contributed by atoms with Crippen LogP contribution in [0.1, 0.15) is 44.0 Å². The smallest absolute Gasteiger partial charge is 0.115 e. The molecule has 0 radical (unpaired) electrons. The maximum Gasteiger partial charge on any atom is 0.115 e. The molecule has 0 atom stereocenters. The first kappa shape index (κ1) is 10.2. The quantitative estimate of drug-likeness (QED) is 0.648. The predicted octanol–water partition coefficient (Wildman–Crippen LogP) is 2.91. The fraction of sp³-hybridized carbons (Fsp3) is 0.636. The summed E-state index contributed by atoms with van der Waals surface area (Å²) in [5.74, 6) is 0. The fourth-order valence-corrected chi connectivity index (χ4v) is 1.38. The topological polar surface area (TPSA) is 25.8 Å². The Bertz CT molecular complexity index is 246. The minimum absolute atomic E-state index is 1.07. The van der Waals surface area contributed by atoms with Crippen LogP contribution in [0.25, 0.3) is 0 Å². The van der Waals surface area contributed by atoms with E-state index in [4.69, 9.17) is 0 Å². The van der Waals surface area contributed by atoms with Crippen molar-refractivity contribution in [2.24, 2.45) is 0 Å². The van der Waals surface area contributed by atoms with Gasteiger partial charge in [-0.3, -0.25) is 0 Å². The lowest BCUT2D eigenvalue weighted by Gasteiger charge is -2.00. The molecule has 1 rings (SSSR count). The van der Waals surface area contributed by atoms with E-state index in [1.54, 1.807) is 6.33 Å². The largest absolute Gasteiger partial charge is 0.242 e. The molecule has 13 heavy (non-hydrogen) atoms. The van der Waals surface area contributed by atoms with Gasteiger partial charge in [-0.15, -0.1) is 0 Å². The van der Waals surface area contributed by atoms with Crippen molar-refractivity contribution in [3.63, 3.8) is 0 Å². The molecule has 0 N–H and O–H groups in total. The first-order valence-corrected chi connectivity index (χ1v) is 5.10. The van der Waals surface area contributed by atoms with Gasteiger partial charge in [0, 0.05) is 11.4 Å². The van der Waals surface area contributed by atoms with Crippen LogP contribution >= 0.6 is 0 Å². The Kier molecular flexibility index (Phi) is 4.44. The number of hydrogen-bond acceptors (Lipinski definition) is 2. The number of hydrogen-bond donors (Lipinski definition) is 0. The lowest BCUT2D eigenvalue weighted by Crippen LogP contribution is -1.93. The number of nitrogens with zero attached hydrogens (tertiary/aromatic N) is 2. The highest BCUT2D eigenvalue weighted by atomic mass is 14.8. The van der Waals surface area contributed by atoms with Crippen molar-refractivity contribution in [1.82, 2.24) is 9.97 Å². The molecule has 0 bridgehead atoms. The number of aryl methyl sites for hydroxylation is 2. The second-order valence-corrected chi connectivity index (χ2v) is 3.46. The average Bonchev–Trinajstić information content (AvgIpc) is 2.13. The molecule has 0 aliphatic rings. The number of aromatic nitrogens is 2. The maximum absolute atomic E-state index is 4.23. The van der Waals surface area contributed by atoms with E-state index in [9.17, 15) is 0 Å². The number of unbranched alkanes of at least 4 members (excludes halogenated alkanes) is 3. The van der Waals surface area contributed by atoms with Gasteiger partial charge in [0.25, 0.3) is 0 Å². The molecule has 2 nitrogen and oxygen atoms in total. The summed E-state index contributed by atoms with van der Waals surface area (Å²) in [6.45, 7) is 4.24. The first-order chi connectivity index (χ1) is 6.33. The lowest BCUT2D eigenvalue weighted by molar-refractivity contribution is 0.659. The van der Waals surface area contributed by atoms with E-state index in [1.807, 2.05) is 6.92 Å². The summed E-state index contributed by atoms with van der Waals surface area (Å²) in [6.07, 6.45) is 7.96. The summed E-state index contributed by atoms with van der Waals surface area (Å²) in [4.78, 5) is 8.30. The highest BCUT2D eigenvalue weighted by Gasteiger charge is 1.95. The monoisotopic (exact) mass is 178 g/mol. The Morgan fingerprint density at radius 2 is 2.00 bits per heavy atom. The molecule has 0 aromatic carbocycles. The van der Waals surface area contributed by atoms with Crippen LogP contribution in [0.2, 0.25) is 0 Å². The van der Waals surface area contributed by atoms with Crippen molar-refractivity contribution in [2.75, 3.05) is 0 Å². The Morgan fingerprint density at radius 3 is 2.69 bits per heavy atom. The van der Waals surface area contributed by atoms with E-state index < -0.39 is 0 Å². The van der Waals surface area contributed by atoms with E-state index in [0.29, 0.717) is 0 Å². The Hall–Kier alpha value is -0.920. The second kappa shape index (κ2) is 5.68. The molecule has 1 aromatic heterocycles. The van der Waals surface area contributed by atoms with Crippen LogP contribution in [-0.4, -0.2) is 9.97 Å². The summed E-state index contributed by atoms with van der Waals surface area (Å²) >= 11 is 0. The molecule has 0 unspecified atom stereocenters. The van der Waals surface area contributed by atoms with Gasteiger partial charge in [-0.05, 0) is 25.8 Å². The molecular formula is C11H18N2. The zero-order chi connectivity index (χ0) is 9.52. The van der Waals surface area contributed by atoms with Crippen LogP contribution in [0, 0.1) is 6.92 Å². The van der Waals surface area contributed by atoms with Gasteiger partial charge < -0.3 is 0 Å². The van der Waals surface area contributed by atoms with Gasteiger partial charge in [-0.1, -0.05) is 26.2 Å². The first-order valence-electron chi connectivity index (χ1n) is 5.10. The molecule has 1 aromatic rings. The zero-order valence-corrected chi connectivity index (χ0v) is 8.58. The second-order valence-electron chi connectivity index (χ2n) is 3.46. The fourth-order valence-electron chi connectivity index (χ4n) is 1.38. The summed E-state index contributed by atoms with van der Waals surface area (Å²) in [5.41, 5.74) is 2.25. The number of rotatable bonds is 5. The van der Waals surface area contributed by atoms with Crippen LogP contribution in [-0.2, 0) is 6.42 Å². The minimum Gasteiger partial charge on any atom is -0.242 e. The molecule has 0 amide bonds. The summed E-state index contributed by atoms with van der Waals surface area (Å²) in [6, 6.07) is 2.08. The van der Waals surface area contributed by atoms with E-state index in [2.05, 4.69) is 23.0 Å². The standard InChI is InChI=1S/C11H18N2/c1-3-4-5-6-7-11-8-10(2)12-9-13-11/h8-9H,3-7H2,1-2H3. The third kappa shape index (κ3) is 4.02. The van der Waals surface area contributed by atoms with Gasteiger partial charge in [0.05, 0.1) is 0 Å². The third-order valence-corrected chi connectivity index (χ3v) is 2.15. The molecular weight excluding hydrogens is 160 g/mol. The highest BCUT2D eigenvalue weighted by Crippen LogP contribution is 2.05. The van der Waals surface area contributed by atoms with Crippen LogP contribution < -0.4 is 0 Å². The molecule has 0 aliphatic carbocycles. The molecule has 72 valence electrons. The maximum atomic E-state index is 4.23. The molecule has 0 saturated carbocycles. The molecule has 2 heteroatoms. The Balaban J connectivity index is 2.28. The molecule has 0 saturated heterocycles. The van der Waals surface area contributed by atoms with Crippen molar-refractivity contribution in [3.05, 3.63) is 23.8 Å². The van der Waals surface area contributed by atoms with E-state index >= 15 is 0 Å². The van der Waals surface area contributed by atoms with Gasteiger partial charge >= 0.3 is 0 Å². The van der Waals surface area contributed by atoms with Gasteiger partial charge in [0.2, 0.25) is 0 Å². The van der Waals surface area contributed by atoms with Crippen LogP contribution in [0.5, 0.6) is 0 Å². The highest BCUT2D eigenvalue weighted by molar-refractivity contribution is 5.06. The van der Waals surface area contributed by atoms with Crippen molar-refractivity contribution in [3.8, 4) is 0 Å². The lowest BCUT2D eigenvalue weighted by atomic mass is 10.1. The van der Waals surface area contributed by atoms with Crippen LogP contribution in [0.3, 0.4) is 0 Å². The van der Waals surface area contributed by atoms with Crippen LogP contribution in [0.4, 0.5) is 0 Å². The summed E-state index contributed by atoms with van der Waals surface area (Å²) in [7, 11) is 0. The van der Waals surface area contributed by atoms with Gasteiger partial charge in [-0.2, -0.15) is 0 Å². The van der Waals surface area contributed by atoms with Crippen molar-refractivity contribution < 1.29 is 0 Å². The van der Waals surface area contributed by atoms with E-state index in [0.717, 1.165) is 12.1 Å². The normalized spacial score (nSPS) is 10.3. The minimum atomic E-state index is 1.07. The van der Waals surface area contributed by atoms with Gasteiger partial charge in [-0.25, -0.2) is 9.97 Å². The van der Waals surface area contributed by atoms with Crippen molar-refractivity contribution >= 4 is 0 Å².